The van der Waals surface area contributed by atoms with Crippen LogP contribution in [0, 0.1) is 5.92 Å². The first kappa shape index (κ1) is 20.9. The molecule has 0 bridgehead atoms. The molecule has 0 aromatic heterocycles. The van der Waals surface area contributed by atoms with Crippen molar-refractivity contribution in [3.05, 3.63) is 0 Å². The van der Waals surface area contributed by atoms with E-state index in [0.717, 1.165) is 0 Å². The molecule has 3 amide bonds. The van der Waals surface area contributed by atoms with E-state index in [1.165, 1.54) is 11.8 Å². The molecule has 0 radical (unpaired) electrons. The highest BCUT2D eigenvalue weighted by Crippen LogP contribution is 2.20. The van der Waals surface area contributed by atoms with E-state index in [2.05, 4.69) is 10.6 Å². The second-order valence-electron chi connectivity index (χ2n) is 6.78. The van der Waals surface area contributed by atoms with Gasteiger partial charge in [-0.1, -0.05) is 13.8 Å². The van der Waals surface area contributed by atoms with Crippen LogP contribution >= 0.6 is 0 Å². The lowest BCUT2D eigenvalue weighted by molar-refractivity contribution is -0.149. The summed E-state index contributed by atoms with van der Waals surface area (Å²) in [6.07, 6.45) is 1.41. The number of likely N-dealkylation sites (tertiary alicyclic amines) is 1. The van der Waals surface area contributed by atoms with Gasteiger partial charge < -0.3 is 26.4 Å². The molecule has 1 saturated heterocycles. The molecule has 1 aliphatic rings. The van der Waals surface area contributed by atoms with Crippen molar-refractivity contribution in [2.75, 3.05) is 13.1 Å². The maximum atomic E-state index is 12.7. The molecule has 1 fully saturated rings. The van der Waals surface area contributed by atoms with E-state index in [1.54, 1.807) is 0 Å². The van der Waals surface area contributed by atoms with Crippen molar-refractivity contribution < 1.29 is 24.3 Å². The third kappa shape index (κ3) is 6.33. The molecule has 0 saturated carbocycles. The normalized spacial score (nSPS) is 19.4. The Hall–Kier alpha value is -2.16. The van der Waals surface area contributed by atoms with Gasteiger partial charge in [-0.05, 0) is 32.1 Å². The van der Waals surface area contributed by atoms with E-state index in [-0.39, 0.29) is 12.5 Å². The highest BCUT2D eigenvalue weighted by Gasteiger charge is 2.37. The number of amides is 3. The monoisotopic (exact) mass is 356 g/mol. The minimum Gasteiger partial charge on any atom is -0.480 e. The number of rotatable bonds is 8. The summed E-state index contributed by atoms with van der Waals surface area (Å²) >= 11 is 0. The number of aliphatic carboxylic acids is 1. The first-order valence-corrected chi connectivity index (χ1v) is 8.49. The van der Waals surface area contributed by atoms with E-state index in [4.69, 9.17) is 5.73 Å². The van der Waals surface area contributed by atoms with Gasteiger partial charge in [-0.25, -0.2) is 4.79 Å². The minimum absolute atomic E-state index is 0.124. The van der Waals surface area contributed by atoms with E-state index < -0.39 is 41.8 Å². The fourth-order valence-corrected chi connectivity index (χ4v) is 2.75. The summed E-state index contributed by atoms with van der Waals surface area (Å²) in [5.41, 5.74) is 5.40. The Balaban J connectivity index is 2.73. The Bertz CT molecular complexity index is 521. The molecule has 25 heavy (non-hydrogen) atoms. The predicted molar refractivity (Wildman–Crippen MR) is 90.4 cm³/mol. The second kappa shape index (κ2) is 9.36. The van der Waals surface area contributed by atoms with Crippen LogP contribution < -0.4 is 16.4 Å². The van der Waals surface area contributed by atoms with Crippen LogP contribution in [-0.4, -0.2) is 64.9 Å². The van der Waals surface area contributed by atoms with Crippen LogP contribution in [0.4, 0.5) is 0 Å². The number of carbonyl (C=O) groups excluding carboxylic acids is 3. The van der Waals surface area contributed by atoms with Crippen molar-refractivity contribution in [3.8, 4) is 0 Å². The van der Waals surface area contributed by atoms with Crippen molar-refractivity contribution >= 4 is 23.7 Å². The lowest BCUT2D eigenvalue weighted by atomic mass is 10.0. The molecule has 1 rings (SSSR count). The lowest BCUT2D eigenvalue weighted by Crippen LogP contribution is -2.54. The van der Waals surface area contributed by atoms with Gasteiger partial charge in [-0.3, -0.25) is 14.4 Å². The summed E-state index contributed by atoms with van der Waals surface area (Å²) in [5, 5.41) is 14.2. The summed E-state index contributed by atoms with van der Waals surface area (Å²) < 4.78 is 0. The number of hydrogen-bond donors (Lipinski definition) is 4. The molecule has 0 spiro atoms. The average molecular weight is 356 g/mol. The molecule has 3 unspecified atom stereocenters. The van der Waals surface area contributed by atoms with Gasteiger partial charge in [0.1, 0.15) is 12.1 Å². The maximum absolute atomic E-state index is 12.7. The minimum atomic E-state index is -1.04. The zero-order valence-corrected chi connectivity index (χ0v) is 14.9. The molecule has 142 valence electrons. The molecule has 5 N–H and O–H groups in total. The summed E-state index contributed by atoms with van der Waals surface area (Å²) in [4.78, 5) is 48.8. The van der Waals surface area contributed by atoms with Gasteiger partial charge in [0.05, 0.1) is 12.6 Å². The van der Waals surface area contributed by atoms with Gasteiger partial charge in [-0.2, -0.15) is 0 Å². The average Bonchev–Trinajstić information content (AvgIpc) is 3.00. The number of carboxylic acid groups (broad SMARTS) is 1. The third-order valence-corrected chi connectivity index (χ3v) is 4.00. The SMILES string of the molecule is CC(C)CC(NC(=O)CNC(=O)C(C)N)C(=O)N1CCCC1C(=O)O. The maximum Gasteiger partial charge on any atom is 0.326 e. The number of carboxylic acids is 1. The van der Waals surface area contributed by atoms with Gasteiger partial charge in [0, 0.05) is 6.54 Å². The fourth-order valence-electron chi connectivity index (χ4n) is 2.75. The molecule has 0 aliphatic carbocycles. The van der Waals surface area contributed by atoms with Crippen LogP contribution in [0.5, 0.6) is 0 Å². The molecule has 0 aromatic rings. The summed E-state index contributed by atoms with van der Waals surface area (Å²) in [5.74, 6) is -2.29. The molecule has 9 heteroatoms. The highest BCUT2D eigenvalue weighted by molar-refractivity contribution is 5.92. The van der Waals surface area contributed by atoms with Gasteiger partial charge in [0.2, 0.25) is 17.7 Å². The lowest BCUT2D eigenvalue weighted by Gasteiger charge is -2.28. The number of nitrogens with two attached hydrogens (primary N) is 1. The Labute approximate surface area is 147 Å². The predicted octanol–water partition coefficient (Wildman–Crippen LogP) is -0.944. The largest absolute Gasteiger partial charge is 0.480 e. The van der Waals surface area contributed by atoms with E-state index >= 15 is 0 Å². The van der Waals surface area contributed by atoms with Crippen molar-refractivity contribution in [1.82, 2.24) is 15.5 Å². The van der Waals surface area contributed by atoms with E-state index in [1.807, 2.05) is 13.8 Å². The van der Waals surface area contributed by atoms with Crippen molar-refractivity contribution in [1.29, 1.82) is 0 Å². The molecule has 9 nitrogen and oxygen atoms in total. The quantitative estimate of drug-likeness (QED) is 0.442. The third-order valence-electron chi connectivity index (χ3n) is 4.00. The molecule has 0 aromatic carbocycles. The molecule has 1 heterocycles. The standard InChI is InChI=1S/C16H28N4O5/c1-9(2)7-11(19-13(21)8-18-14(22)10(3)17)15(23)20-6-4-5-12(20)16(24)25/h9-12H,4-8,17H2,1-3H3,(H,18,22)(H,19,21)(H,24,25). The van der Waals surface area contributed by atoms with E-state index in [9.17, 15) is 24.3 Å². The number of carbonyl (C=O) groups is 4. The number of nitrogens with one attached hydrogen (secondary N) is 2. The van der Waals surface area contributed by atoms with Gasteiger partial charge >= 0.3 is 5.97 Å². The Kier molecular flexibility index (Phi) is 7.82. The Morgan fingerprint density at radius 3 is 2.40 bits per heavy atom. The van der Waals surface area contributed by atoms with Crippen molar-refractivity contribution in [2.45, 2.75) is 58.2 Å². The van der Waals surface area contributed by atoms with Crippen LogP contribution in [0.2, 0.25) is 0 Å². The van der Waals surface area contributed by atoms with Crippen LogP contribution in [-0.2, 0) is 19.2 Å². The van der Waals surface area contributed by atoms with Crippen LogP contribution in [0.3, 0.4) is 0 Å². The molecular formula is C16H28N4O5. The van der Waals surface area contributed by atoms with Crippen LogP contribution in [0.1, 0.15) is 40.0 Å². The number of hydrogen-bond acceptors (Lipinski definition) is 5. The zero-order chi connectivity index (χ0) is 19.1. The van der Waals surface area contributed by atoms with Crippen molar-refractivity contribution in [2.24, 2.45) is 11.7 Å². The summed E-state index contributed by atoms with van der Waals surface area (Å²) in [6, 6.07) is -2.40. The molecule has 1 aliphatic heterocycles. The first-order valence-electron chi connectivity index (χ1n) is 8.49. The van der Waals surface area contributed by atoms with E-state index in [0.29, 0.717) is 25.8 Å². The topological polar surface area (TPSA) is 142 Å². The van der Waals surface area contributed by atoms with Gasteiger partial charge in [0.25, 0.3) is 0 Å². The summed E-state index contributed by atoms with van der Waals surface area (Å²) in [6.45, 7) is 5.38. The number of nitrogens with zero attached hydrogens (tertiary/aromatic N) is 1. The zero-order valence-electron chi connectivity index (χ0n) is 14.9. The van der Waals surface area contributed by atoms with Crippen LogP contribution in [0.15, 0.2) is 0 Å². The Morgan fingerprint density at radius 2 is 1.88 bits per heavy atom. The summed E-state index contributed by atoms with van der Waals surface area (Å²) in [7, 11) is 0. The van der Waals surface area contributed by atoms with Gasteiger partial charge in [0.15, 0.2) is 0 Å². The highest BCUT2D eigenvalue weighted by atomic mass is 16.4. The molecule has 3 atom stereocenters. The fraction of sp³-hybridized carbons (Fsp3) is 0.750. The smallest absolute Gasteiger partial charge is 0.326 e. The second-order valence-corrected chi connectivity index (χ2v) is 6.78. The van der Waals surface area contributed by atoms with Gasteiger partial charge in [-0.15, -0.1) is 0 Å². The first-order chi connectivity index (χ1) is 11.6. The Morgan fingerprint density at radius 1 is 1.24 bits per heavy atom. The molecular weight excluding hydrogens is 328 g/mol. The van der Waals surface area contributed by atoms with Crippen molar-refractivity contribution in [3.63, 3.8) is 0 Å². The van der Waals surface area contributed by atoms with Crippen LogP contribution in [0.25, 0.3) is 0 Å².